The van der Waals surface area contributed by atoms with Gasteiger partial charge in [0.05, 0.1) is 25.2 Å². The van der Waals surface area contributed by atoms with Crippen LogP contribution in [-0.2, 0) is 14.3 Å². The van der Waals surface area contributed by atoms with Gasteiger partial charge >= 0.3 is 0 Å². The maximum Gasteiger partial charge on any atom is 0.225 e. The van der Waals surface area contributed by atoms with Gasteiger partial charge in [0.2, 0.25) is 5.91 Å². The summed E-state index contributed by atoms with van der Waals surface area (Å²) in [6.45, 7) is 5.69. The molecule has 1 aromatic carbocycles. The molecule has 0 aromatic heterocycles. The fraction of sp³-hybridized carbons (Fsp3) is 0.588. The molecule has 1 fully saturated rings. The van der Waals surface area contributed by atoms with Gasteiger partial charge in [0.15, 0.2) is 0 Å². The molecule has 5 nitrogen and oxygen atoms in total. The van der Waals surface area contributed by atoms with E-state index in [4.69, 9.17) is 15.2 Å². The largest absolute Gasteiger partial charge is 0.379 e. The van der Waals surface area contributed by atoms with Crippen molar-refractivity contribution in [3.05, 3.63) is 35.9 Å². The highest BCUT2D eigenvalue weighted by Crippen LogP contribution is 2.19. The number of rotatable bonds is 7. The van der Waals surface area contributed by atoms with E-state index in [1.54, 1.807) is 0 Å². The summed E-state index contributed by atoms with van der Waals surface area (Å²) in [4.78, 5) is 12.3. The van der Waals surface area contributed by atoms with Gasteiger partial charge in [0, 0.05) is 18.7 Å². The highest BCUT2D eigenvalue weighted by molar-refractivity contribution is 5.85. The van der Waals surface area contributed by atoms with E-state index in [0.29, 0.717) is 13.2 Å². The van der Waals surface area contributed by atoms with Crippen molar-refractivity contribution in [2.75, 3.05) is 19.8 Å². The van der Waals surface area contributed by atoms with Crippen molar-refractivity contribution >= 4 is 18.3 Å². The van der Waals surface area contributed by atoms with Gasteiger partial charge in [-0.25, -0.2) is 0 Å². The molecular weight excluding hydrogens is 316 g/mol. The second-order valence-corrected chi connectivity index (χ2v) is 5.95. The summed E-state index contributed by atoms with van der Waals surface area (Å²) >= 11 is 0. The smallest absolute Gasteiger partial charge is 0.225 e. The molecule has 1 aromatic rings. The Kier molecular flexibility index (Phi) is 8.55. The van der Waals surface area contributed by atoms with Gasteiger partial charge in [-0.2, -0.15) is 0 Å². The molecule has 23 heavy (non-hydrogen) atoms. The minimum atomic E-state index is -0.308. The molecule has 1 aliphatic rings. The van der Waals surface area contributed by atoms with Crippen molar-refractivity contribution in [2.24, 2.45) is 11.7 Å². The predicted molar refractivity (Wildman–Crippen MR) is 92.6 cm³/mol. The number of carbonyl (C=O) groups excluding carboxylic acids is 1. The predicted octanol–water partition coefficient (Wildman–Crippen LogP) is 2.05. The van der Waals surface area contributed by atoms with Crippen LogP contribution in [0.4, 0.5) is 0 Å². The summed E-state index contributed by atoms with van der Waals surface area (Å²) in [6, 6.07) is 9.34. The number of carbonyl (C=O) groups is 1. The third-order valence-corrected chi connectivity index (χ3v) is 4.00. The molecule has 0 spiro atoms. The molecule has 3 N–H and O–H groups in total. The zero-order valence-electron chi connectivity index (χ0n) is 13.7. The van der Waals surface area contributed by atoms with Crippen molar-refractivity contribution in [3.8, 4) is 0 Å². The lowest BCUT2D eigenvalue weighted by Gasteiger charge is -2.23. The minimum absolute atomic E-state index is 0. The van der Waals surface area contributed by atoms with Gasteiger partial charge in [0.1, 0.15) is 0 Å². The van der Waals surface area contributed by atoms with Crippen LogP contribution in [0, 0.1) is 5.92 Å². The molecule has 0 saturated carbocycles. The maximum absolute atomic E-state index is 12.3. The first kappa shape index (κ1) is 19.9. The van der Waals surface area contributed by atoms with E-state index in [0.717, 1.165) is 18.6 Å². The standard InChI is InChI=1S/C17H26N2O3.ClH/c1-12(10-22-15-8-9-21-11-15)19-17(20)13(2)16(18)14-6-4-3-5-7-14;/h3-7,12-13,15-16H,8-11,18H2,1-2H3,(H,19,20);1H. The molecule has 6 heteroatoms. The van der Waals surface area contributed by atoms with E-state index in [9.17, 15) is 4.79 Å². The number of hydrogen-bond donors (Lipinski definition) is 2. The van der Waals surface area contributed by atoms with Gasteiger partial charge in [0.25, 0.3) is 0 Å². The van der Waals surface area contributed by atoms with E-state index >= 15 is 0 Å². The van der Waals surface area contributed by atoms with Gasteiger partial charge in [-0.05, 0) is 18.9 Å². The number of nitrogens with one attached hydrogen (secondary N) is 1. The van der Waals surface area contributed by atoms with Crippen molar-refractivity contribution in [1.82, 2.24) is 5.32 Å². The lowest BCUT2D eigenvalue weighted by atomic mass is 9.94. The quantitative estimate of drug-likeness (QED) is 0.795. The molecule has 1 amide bonds. The number of ether oxygens (including phenoxy) is 2. The summed E-state index contributed by atoms with van der Waals surface area (Å²) in [5.74, 6) is -0.338. The topological polar surface area (TPSA) is 73.6 Å². The molecule has 130 valence electrons. The first-order valence-electron chi connectivity index (χ1n) is 7.88. The third kappa shape index (κ3) is 6.11. The van der Waals surface area contributed by atoms with Gasteiger partial charge in [-0.1, -0.05) is 37.3 Å². The zero-order chi connectivity index (χ0) is 15.9. The van der Waals surface area contributed by atoms with Crippen LogP contribution in [0.15, 0.2) is 30.3 Å². The molecule has 0 bridgehead atoms. The van der Waals surface area contributed by atoms with Gasteiger partial charge in [-0.3, -0.25) is 4.79 Å². The van der Waals surface area contributed by atoms with Crippen molar-refractivity contribution < 1.29 is 14.3 Å². The SMILES string of the molecule is CC(COC1CCOC1)NC(=O)C(C)C(N)c1ccccc1.Cl. The minimum Gasteiger partial charge on any atom is -0.379 e. The fourth-order valence-corrected chi connectivity index (χ4v) is 2.47. The van der Waals surface area contributed by atoms with E-state index < -0.39 is 0 Å². The molecule has 1 heterocycles. The summed E-state index contributed by atoms with van der Waals surface area (Å²) in [5, 5.41) is 2.97. The Balaban J connectivity index is 0.00000264. The fourth-order valence-electron chi connectivity index (χ4n) is 2.47. The van der Waals surface area contributed by atoms with Gasteiger partial charge in [-0.15, -0.1) is 12.4 Å². The normalized spacial score (nSPS) is 21.1. The number of benzene rings is 1. The maximum atomic E-state index is 12.3. The molecular formula is C17H27ClN2O3. The van der Waals surface area contributed by atoms with Crippen LogP contribution in [-0.4, -0.2) is 37.9 Å². The summed E-state index contributed by atoms with van der Waals surface area (Å²) in [6.07, 6.45) is 1.08. The van der Waals surface area contributed by atoms with Crippen LogP contribution < -0.4 is 11.1 Å². The van der Waals surface area contributed by atoms with E-state index in [-0.39, 0.29) is 42.4 Å². The third-order valence-electron chi connectivity index (χ3n) is 4.00. The lowest BCUT2D eigenvalue weighted by Crippen LogP contribution is -2.42. The molecule has 4 atom stereocenters. The Bertz CT molecular complexity index is 466. The Labute approximate surface area is 144 Å². The second kappa shape index (κ2) is 9.88. The molecule has 0 aliphatic carbocycles. The Morgan fingerprint density at radius 1 is 1.39 bits per heavy atom. The van der Waals surface area contributed by atoms with Crippen molar-refractivity contribution in [2.45, 2.75) is 38.5 Å². The van der Waals surface area contributed by atoms with E-state index in [2.05, 4.69) is 5.32 Å². The average molecular weight is 343 g/mol. The van der Waals surface area contributed by atoms with Crippen LogP contribution >= 0.6 is 12.4 Å². The van der Waals surface area contributed by atoms with Crippen LogP contribution in [0.25, 0.3) is 0 Å². The molecule has 1 aliphatic heterocycles. The van der Waals surface area contributed by atoms with Crippen LogP contribution in [0.3, 0.4) is 0 Å². The van der Waals surface area contributed by atoms with Crippen molar-refractivity contribution in [3.63, 3.8) is 0 Å². The summed E-state index contributed by atoms with van der Waals surface area (Å²) in [7, 11) is 0. The lowest BCUT2D eigenvalue weighted by molar-refractivity contribution is -0.126. The summed E-state index contributed by atoms with van der Waals surface area (Å²) < 4.78 is 11.0. The number of amides is 1. The molecule has 1 saturated heterocycles. The Hall–Kier alpha value is -1.14. The summed E-state index contributed by atoms with van der Waals surface area (Å²) in [5.41, 5.74) is 7.15. The number of halogens is 1. The van der Waals surface area contributed by atoms with E-state index in [1.165, 1.54) is 0 Å². The van der Waals surface area contributed by atoms with Gasteiger partial charge < -0.3 is 20.5 Å². The monoisotopic (exact) mass is 342 g/mol. The molecule has 0 radical (unpaired) electrons. The second-order valence-electron chi connectivity index (χ2n) is 5.95. The van der Waals surface area contributed by atoms with Crippen LogP contribution in [0.2, 0.25) is 0 Å². The zero-order valence-corrected chi connectivity index (χ0v) is 14.6. The van der Waals surface area contributed by atoms with E-state index in [1.807, 2.05) is 44.2 Å². The van der Waals surface area contributed by atoms with Crippen molar-refractivity contribution in [1.29, 1.82) is 0 Å². The molecule has 2 rings (SSSR count). The molecule has 4 unspecified atom stereocenters. The van der Waals surface area contributed by atoms with Crippen LogP contribution in [0.1, 0.15) is 31.9 Å². The highest BCUT2D eigenvalue weighted by Gasteiger charge is 2.24. The Morgan fingerprint density at radius 3 is 2.70 bits per heavy atom. The first-order chi connectivity index (χ1) is 10.6. The average Bonchev–Trinajstić information content (AvgIpc) is 3.05. The van der Waals surface area contributed by atoms with Crippen LogP contribution in [0.5, 0.6) is 0 Å². The highest BCUT2D eigenvalue weighted by atomic mass is 35.5. The Morgan fingerprint density at radius 2 is 2.09 bits per heavy atom. The number of nitrogens with two attached hydrogens (primary N) is 1. The first-order valence-corrected chi connectivity index (χ1v) is 7.88. The number of hydrogen-bond acceptors (Lipinski definition) is 4.